The average Bonchev–Trinajstić information content (AvgIpc) is 2.67. The van der Waals surface area contributed by atoms with Crippen molar-refractivity contribution in [1.82, 2.24) is 5.32 Å². The van der Waals surface area contributed by atoms with Gasteiger partial charge in [0.2, 0.25) is 5.91 Å². The highest BCUT2D eigenvalue weighted by atomic mass is 32.1. The summed E-state index contributed by atoms with van der Waals surface area (Å²) in [6.45, 7) is 3.65. The minimum atomic E-state index is -0.410. The smallest absolute Gasteiger partial charge is 0.220 e. The highest BCUT2D eigenvalue weighted by Gasteiger charge is 2.10. The van der Waals surface area contributed by atoms with E-state index in [1.807, 2.05) is 23.8 Å². The molecule has 2 unspecified atom stereocenters. The van der Waals surface area contributed by atoms with Gasteiger partial charge in [-0.3, -0.25) is 4.79 Å². The van der Waals surface area contributed by atoms with E-state index in [0.29, 0.717) is 12.8 Å². The topological polar surface area (TPSA) is 49.3 Å². The molecule has 0 radical (unpaired) electrons. The van der Waals surface area contributed by atoms with Gasteiger partial charge in [0, 0.05) is 6.42 Å². The maximum atomic E-state index is 11.4. The molecule has 2 atom stereocenters. The van der Waals surface area contributed by atoms with E-state index in [4.69, 9.17) is 5.11 Å². The molecule has 0 bridgehead atoms. The van der Waals surface area contributed by atoms with Gasteiger partial charge in [0.1, 0.15) is 0 Å². The Labute approximate surface area is 94.1 Å². The van der Waals surface area contributed by atoms with Gasteiger partial charge in [0.25, 0.3) is 0 Å². The lowest BCUT2D eigenvalue weighted by molar-refractivity contribution is -0.122. The molecular weight excluding hydrogens is 210 g/mol. The minimum Gasteiger partial charge on any atom is -0.393 e. The van der Waals surface area contributed by atoms with E-state index in [2.05, 4.69) is 5.32 Å². The fourth-order valence-electron chi connectivity index (χ4n) is 1.26. The second-order valence-corrected chi connectivity index (χ2v) is 4.51. The predicted octanol–water partition coefficient (Wildman–Crippen LogP) is 2.09. The van der Waals surface area contributed by atoms with Crippen molar-refractivity contribution in [3.63, 3.8) is 0 Å². The molecule has 0 aliphatic carbocycles. The molecule has 15 heavy (non-hydrogen) atoms. The molecule has 1 heterocycles. The first-order valence-corrected chi connectivity index (χ1v) is 6.03. The van der Waals surface area contributed by atoms with Crippen LogP contribution in [0.4, 0.5) is 0 Å². The molecule has 0 saturated carbocycles. The summed E-state index contributed by atoms with van der Waals surface area (Å²) in [6, 6.07) is 2.06. The third-order valence-electron chi connectivity index (χ3n) is 2.21. The van der Waals surface area contributed by atoms with Gasteiger partial charge < -0.3 is 10.4 Å². The quantitative estimate of drug-likeness (QED) is 0.809. The molecule has 0 aliphatic rings. The summed E-state index contributed by atoms with van der Waals surface area (Å²) in [5, 5.41) is 16.0. The van der Waals surface area contributed by atoms with Crippen LogP contribution in [-0.4, -0.2) is 17.1 Å². The van der Waals surface area contributed by atoms with Crippen molar-refractivity contribution >= 4 is 17.2 Å². The first kappa shape index (κ1) is 12.2. The summed E-state index contributed by atoms with van der Waals surface area (Å²) >= 11 is 1.62. The lowest BCUT2D eigenvalue weighted by Gasteiger charge is -2.12. The molecule has 0 aliphatic heterocycles. The molecular formula is C11H17NO2S. The fraction of sp³-hybridized carbons (Fsp3) is 0.545. The van der Waals surface area contributed by atoms with Crippen molar-refractivity contribution in [3.05, 3.63) is 22.4 Å². The Bertz CT molecular complexity index is 296. The highest BCUT2D eigenvalue weighted by molar-refractivity contribution is 7.07. The third-order valence-corrected chi connectivity index (χ3v) is 2.91. The number of thiophene rings is 1. The standard InChI is InChI=1S/C11H17NO2S/c1-8(13)3-4-11(14)12-9(2)10-5-6-15-7-10/h5-9,13H,3-4H2,1-2H3,(H,12,14). The van der Waals surface area contributed by atoms with Gasteiger partial charge in [-0.15, -0.1) is 0 Å². The van der Waals surface area contributed by atoms with Crippen molar-refractivity contribution in [2.45, 2.75) is 38.8 Å². The highest BCUT2D eigenvalue weighted by Crippen LogP contribution is 2.15. The van der Waals surface area contributed by atoms with Crippen molar-refractivity contribution in [1.29, 1.82) is 0 Å². The van der Waals surface area contributed by atoms with Crippen LogP contribution in [0.15, 0.2) is 16.8 Å². The lowest BCUT2D eigenvalue weighted by Crippen LogP contribution is -2.26. The van der Waals surface area contributed by atoms with Crippen molar-refractivity contribution in [3.8, 4) is 0 Å². The van der Waals surface area contributed by atoms with Gasteiger partial charge in [-0.05, 0) is 42.7 Å². The molecule has 2 N–H and O–H groups in total. The summed E-state index contributed by atoms with van der Waals surface area (Å²) in [5.41, 5.74) is 1.13. The number of hydrogen-bond acceptors (Lipinski definition) is 3. The number of hydrogen-bond donors (Lipinski definition) is 2. The molecule has 4 heteroatoms. The largest absolute Gasteiger partial charge is 0.393 e. The molecule has 84 valence electrons. The van der Waals surface area contributed by atoms with Crippen LogP contribution in [0.25, 0.3) is 0 Å². The maximum absolute atomic E-state index is 11.4. The van der Waals surface area contributed by atoms with E-state index < -0.39 is 6.10 Å². The second kappa shape index (κ2) is 5.88. The van der Waals surface area contributed by atoms with Gasteiger partial charge in [-0.25, -0.2) is 0 Å². The van der Waals surface area contributed by atoms with E-state index in [1.54, 1.807) is 18.3 Å². The van der Waals surface area contributed by atoms with E-state index in [0.717, 1.165) is 5.56 Å². The van der Waals surface area contributed by atoms with Crippen molar-refractivity contribution in [2.75, 3.05) is 0 Å². The van der Waals surface area contributed by atoms with Gasteiger partial charge in [-0.2, -0.15) is 11.3 Å². The number of aliphatic hydroxyl groups is 1. The maximum Gasteiger partial charge on any atom is 0.220 e. The SMILES string of the molecule is CC(O)CCC(=O)NC(C)c1ccsc1. The Balaban J connectivity index is 2.32. The monoisotopic (exact) mass is 227 g/mol. The summed E-state index contributed by atoms with van der Waals surface area (Å²) in [5.74, 6) is -0.00500. The molecule has 3 nitrogen and oxygen atoms in total. The summed E-state index contributed by atoms with van der Waals surface area (Å²) in [6.07, 6.45) is 0.487. The number of nitrogens with one attached hydrogen (secondary N) is 1. The molecule has 0 saturated heterocycles. The fourth-order valence-corrected chi connectivity index (χ4v) is 2.01. The normalized spacial score (nSPS) is 14.6. The Hall–Kier alpha value is -0.870. The Kier molecular flexibility index (Phi) is 4.78. The van der Waals surface area contributed by atoms with E-state index in [9.17, 15) is 4.79 Å². The number of carbonyl (C=O) groups is 1. The van der Waals surface area contributed by atoms with Crippen LogP contribution in [-0.2, 0) is 4.79 Å². The van der Waals surface area contributed by atoms with Crippen LogP contribution in [0.3, 0.4) is 0 Å². The van der Waals surface area contributed by atoms with Gasteiger partial charge >= 0.3 is 0 Å². The first-order chi connectivity index (χ1) is 7.09. The number of aliphatic hydroxyl groups excluding tert-OH is 1. The van der Waals surface area contributed by atoms with Gasteiger partial charge in [0.05, 0.1) is 12.1 Å². The number of carbonyl (C=O) groups excluding carboxylic acids is 1. The third kappa shape index (κ3) is 4.44. The Morgan fingerprint density at radius 3 is 2.87 bits per heavy atom. The van der Waals surface area contributed by atoms with Crippen molar-refractivity contribution < 1.29 is 9.90 Å². The summed E-state index contributed by atoms with van der Waals surface area (Å²) in [4.78, 5) is 11.4. The molecule has 0 spiro atoms. The van der Waals surface area contributed by atoms with Crippen LogP contribution in [0.5, 0.6) is 0 Å². The first-order valence-electron chi connectivity index (χ1n) is 5.09. The van der Waals surface area contributed by atoms with E-state index in [-0.39, 0.29) is 11.9 Å². The molecule has 1 aromatic rings. The van der Waals surface area contributed by atoms with Crippen LogP contribution in [0, 0.1) is 0 Å². The van der Waals surface area contributed by atoms with E-state index >= 15 is 0 Å². The van der Waals surface area contributed by atoms with Crippen molar-refractivity contribution in [2.24, 2.45) is 0 Å². The minimum absolute atomic E-state index is 0.00500. The zero-order valence-corrected chi connectivity index (χ0v) is 9.88. The van der Waals surface area contributed by atoms with Gasteiger partial charge in [-0.1, -0.05) is 0 Å². The Morgan fingerprint density at radius 1 is 1.60 bits per heavy atom. The zero-order chi connectivity index (χ0) is 11.3. The summed E-state index contributed by atoms with van der Waals surface area (Å²) in [7, 11) is 0. The second-order valence-electron chi connectivity index (χ2n) is 3.73. The summed E-state index contributed by atoms with van der Waals surface area (Å²) < 4.78 is 0. The van der Waals surface area contributed by atoms with Crippen LogP contribution >= 0.6 is 11.3 Å². The van der Waals surface area contributed by atoms with E-state index in [1.165, 1.54) is 0 Å². The van der Waals surface area contributed by atoms with Gasteiger partial charge in [0.15, 0.2) is 0 Å². The molecule has 1 amide bonds. The molecule has 0 fully saturated rings. The molecule has 0 aromatic carbocycles. The lowest BCUT2D eigenvalue weighted by atomic mass is 10.1. The molecule has 1 rings (SSSR count). The number of amides is 1. The zero-order valence-electron chi connectivity index (χ0n) is 9.06. The van der Waals surface area contributed by atoms with Crippen LogP contribution in [0.2, 0.25) is 0 Å². The Morgan fingerprint density at radius 2 is 2.33 bits per heavy atom. The number of rotatable bonds is 5. The predicted molar refractivity (Wildman–Crippen MR) is 61.8 cm³/mol. The van der Waals surface area contributed by atoms with Crippen LogP contribution < -0.4 is 5.32 Å². The average molecular weight is 227 g/mol. The molecule has 1 aromatic heterocycles. The van der Waals surface area contributed by atoms with Crippen LogP contribution in [0.1, 0.15) is 38.3 Å².